The summed E-state index contributed by atoms with van der Waals surface area (Å²) in [5, 5.41) is 4.91. The van der Waals surface area contributed by atoms with Crippen molar-refractivity contribution in [2.75, 3.05) is 18.0 Å². The number of rotatable bonds is 6. The lowest BCUT2D eigenvalue weighted by Gasteiger charge is -2.31. The first kappa shape index (κ1) is 14.3. The van der Waals surface area contributed by atoms with Crippen molar-refractivity contribution in [3.05, 3.63) is 10.6 Å². The number of hydrogen-bond acceptors (Lipinski definition) is 4. The fourth-order valence-corrected chi connectivity index (χ4v) is 4.15. The van der Waals surface area contributed by atoms with Crippen LogP contribution in [0.2, 0.25) is 0 Å². The Morgan fingerprint density at radius 1 is 1.30 bits per heavy atom. The highest BCUT2D eigenvalue weighted by Gasteiger charge is 2.24. The molecule has 1 aromatic heterocycles. The molecule has 4 heteroatoms. The zero-order valence-corrected chi connectivity index (χ0v) is 13.6. The Hall–Kier alpha value is -0.610. The molecule has 1 saturated carbocycles. The van der Waals surface area contributed by atoms with Gasteiger partial charge >= 0.3 is 0 Å². The van der Waals surface area contributed by atoms with Crippen LogP contribution in [-0.4, -0.2) is 24.1 Å². The minimum Gasteiger partial charge on any atom is -0.348 e. The minimum absolute atomic E-state index is 0.782. The molecule has 0 spiro atoms. The fraction of sp³-hybridized carbons (Fsp3) is 0.812. The van der Waals surface area contributed by atoms with Crippen LogP contribution in [0.4, 0.5) is 5.13 Å². The lowest BCUT2D eigenvalue weighted by molar-refractivity contribution is 0.404. The Bertz CT molecular complexity index is 439. The molecule has 3 rings (SSSR count). The molecule has 3 nitrogen and oxygen atoms in total. The van der Waals surface area contributed by atoms with E-state index < -0.39 is 0 Å². The number of nitrogens with zero attached hydrogens (tertiary/aromatic N) is 2. The summed E-state index contributed by atoms with van der Waals surface area (Å²) >= 11 is 1.93. The van der Waals surface area contributed by atoms with Crippen molar-refractivity contribution in [3.8, 4) is 0 Å². The summed E-state index contributed by atoms with van der Waals surface area (Å²) in [7, 11) is 0. The number of anilines is 1. The van der Waals surface area contributed by atoms with Crippen LogP contribution in [0.15, 0.2) is 0 Å². The molecule has 2 aliphatic rings. The topological polar surface area (TPSA) is 28.2 Å². The van der Waals surface area contributed by atoms with Gasteiger partial charge in [-0.2, -0.15) is 0 Å². The van der Waals surface area contributed by atoms with E-state index in [1.54, 1.807) is 0 Å². The lowest BCUT2D eigenvalue weighted by Crippen LogP contribution is -2.35. The highest BCUT2D eigenvalue weighted by Crippen LogP contribution is 2.31. The third-order valence-electron chi connectivity index (χ3n) is 4.60. The van der Waals surface area contributed by atoms with Gasteiger partial charge in [-0.25, -0.2) is 4.98 Å². The second kappa shape index (κ2) is 6.44. The van der Waals surface area contributed by atoms with Gasteiger partial charge in [-0.3, -0.25) is 0 Å². The van der Waals surface area contributed by atoms with Gasteiger partial charge in [0.15, 0.2) is 5.13 Å². The quantitative estimate of drug-likeness (QED) is 0.869. The molecule has 20 heavy (non-hydrogen) atoms. The smallest absolute Gasteiger partial charge is 0.185 e. The summed E-state index contributed by atoms with van der Waals surface area (Å²) in [5.41, 5.74) is 1.32. The summed E-state index contributed by atoms with van der Waals surface area (Å²) in [4.78, 5) is 8.92. The van der Waals surface area contributed by atoms with Crippen LogP contribution in [0.1, 0.15) is 56.5 Å². The Morgan fingerprint density at radius 3 is 2.85 bits per heavy atom. The number of piperidine rings is 1. The fourth-order valence-electron chi connectivity index (χ4n) is 3.02. The molecule has 1 saturated heterocycles. The Balaban J connectivity index is 1.68. The van der Waals surface area contributed by atoms with Gasteiger partial charge < -0.3 is 10.2 Å². The zero-order chi connectivity index (χ0) is 13.9. The Labute approximate surface area is 126 Å². The van der Waals surface area contributed by atoms with Crippen LogP contribution >= 0.6 is 11.3 Å². The molecule has 2 fully saturated rings. The number of thiazole rings is 1. The average molecular weight is 293 g/mol. The van der Waals surface area contributed by atoms with Crippen LogP contribution in [0.3, 0.4) is 0 Å². The van der Waals surface area contributed by atoms with Crippen molar-refractivity contribution in [2.45, 2.75) is 65.0 Å². The molecular formula is C16H27N3S. The van der Waals surface area contributed by atoms with Crippen LogP contribution in [-0.2, 0) is 13.0 Å². The normalized spacial score (nSPS) is 23.3. The van der Waals surface area contributed by atoms with E-state index in [9.17, 15) is 0 Å². The number of aromatic nitrogens is 1. The van der Waals surface area contributed by atoms with Gasteiger partial charge in [0, 0.05) is 30.6 Å². The van der Waals surface area contributed by atoms with Crippen LogP contribution in [0, 0.1) is 5.92 Å². The molecule has 1 aliphatic heterocycles. The Morgan fingerprint density at radius 2 is 2.15 bits per heavy atom. The molecular weight excluding hydrogens is 266 g/mol. The number of aryl methyl sites for hydroxylation is 1. The molecule has 0 amide bonds. The van der Waals surface area contributed by atoms with E-state index in [0.717, 1.165) is 24.9 Å². The second-order valence-electron chi connectivity index (χ2n) is 6.24. The van der Waals surface area contributed by atoms with E-state index in [4.69, 9.17) is 4.98 Å². The van der Waals surface area contributed by atoms with Crippen molar-refractivity contribution in [1.82, 2.24) is 10.3 Å². The first-order valence-electron chi connectivity index (χ1n) is 8.27. The van der Waals surface area contributed by atoms with Crippen molar-refractivity contribution in [1.29, 1.82) is 0 Å². The highest BCUT2D eigenvalue weighted by atomic mass is 32.1. The van der Waals surface area contributed by atoms with Crippen LogP contribution in [0.5, 0.6) is 0 Å². The molecule has 1 unspecified atom stereocenters. The molecule has 112 valence electrons. The van der Waals surface area contributed by atoms with Crippen LogP contribution < -0.4 is 10.2 Å². The number of hydrogen-bond donors (Lipinski definition) is 1. The van der Waals surface area contributed by atoms with Gasteiger partial charge in [0.05, 0.1) is 5.69 Å². The van der Waals surface area contributed by atoms with Gasteiger partial charge in [0.25, 0.3) is 0 Å². The largest absolute Gasteiger partial charge is 0.348 e. The van der Waals surface area contributed by atoms with Crippen molar-refractivity contribution >= 4 is 16.5 Å². The summed E-state index contributed by atoms with van der Waals surface area (Å²) in [6.07, 6.45) is 7.81. The monoisotopic (exact) mass is 293 g/mol. The summed E-state index contributed by atoms with van der Waals surface area (Å²) < 4.78 is 0. The summed E-state index contributed by atoms with van der Waals surface area (Å²) in [5.74, 6) is 0.866. The first-order chi connectivity index (χ1) is 9.80. The third-order valence-corrected chi connectivity index (χ3v) is 5.76. The van der Waals surface area contributed by atoms with Crippen LogP contribution in [0.25, 0.3) is 0 Å². The molecule has 1 aromatic rings. The van der Waals surface area contributed by atoms with Crippen molar-refractivity contribution in [2.24, 2.45) is 5.92 Å². The zero-order valence-electron chi connectivity index (χ0n) is 12.8. The highest BCUT2D eigenvalue weighted by molar-refractivity contribution is 7.15. The second-order valence-corrected chi connectivity index (χ2v) is 7.30. The van der Waals surface area contributed by atoms with Crippen molar-refractivity contribution in [3.63, 3.8) is 0 Å². The van der Waals surface area contributed by atoms with E-state index >= 15 is 0 Å². The van der Waals surface area contributed by atoms with Gasteiger partial charge in [-0.15, -0.1) is 11.3 Å². The third kappa shape index (κ3) is 3.34. The molecule has 1 atom stereocenters. The molecule has 2 heterocycles. The summed E-state index contributed by atoms with van der Waals surface area (Å²) in [6.45, 7) is 7.98. The van der Waals surface area contributed by atoms with E-state index in [1.807, 2.05) is 11.3 Å². The Kier molecular flexibility index (Phi) is 4.61. The minimum atomic E-state index is 0.782. The summed E-state index contributed by atoms with van der Waals surface area (Å²) in [6, 6.07) is 0.782. The molecule has 1 N–H and O–H groups in total. The maximum absolute atomic E-state index is 4.92. The van der Waals surface area contributed by atoms with E-state index in [2.05, 4.69) is 24.1 Å². The molecule has 1 aliphatic carbocycles. The molecule has 0 aromatic carbocycles. The van der Waals surface area contributed by atoms with Gasteiger partial charge in [0.2, 0.25) is 0 Å². The van der Waals surface area contributed by atoms with E-state index in [-0.39, 0.29) is 0 Å². The number of nitrogens with one attached hydrogen (secondary N) is 1. The van der Waals surface area contributed by atoms with Crippen molar-refractivity contribution < 1.29 is 0 Å². The SMILES string of the molecule is CCc1nc(N2CCCC(CC)C2)sc1CNC1CC1. The first-order valence-corrected chi connectivity index (χ1v) is 9.08. The van der Waals surface area contributed by atoms with Gasteiger partial charge in [0.1, 0.15) is 0 Å². The molecule has 0 radical (unpaired) electrons. The van der Waals surface area contributed by atoms with E-state index in [1.165, 1.54) is 60.9 Å². The van der Waals surface area contributed by atoms with E-state index in [0.29, 0.717) is 0 Å². The average Bonchev–Trinajstić information content (AvgIpc) is 3.23. The van der Waals surface area contributed by atoms with Gasteiger partial charge in [-0.05, 0) is 38.0 Å². The van der Waals surface area contributed by atoms with Gasteiger partial charge in [-0.1, -0.05) is 20.3 Å². The maximum atomic E-state index is 4.92. The predicted octanol–water partition coefficient (Wildman–Crippen LogP) is 3.58. The lowest BCUT2D eigenvalue weighted by atomic mass is 9.96. The maximum Gasteiger partial charge on any atom is 0.185 e. The standard InChI is InChI=1S/C16H27N3S/c1-3-12-6-5-9-19(11-12)16-18-14(4-2)15(20-16)10-17-13-7-8-13/h12-13,17H,3-11H2,1-2H3. The molecule has 0 bridgehead atoms. The predicted molar refractivity (Wildman–Crippen MR) is 86.6 cm³/mol.